The van der Waals surface area contributed by atoms with Crippen LogP contribution in [0.25, 0.3) is 0 Å². The average molecular weight is 298 g/mol. The third-order valence-electron chi connectivity index (χ3n) is 2.88. The SMILES string of the molecule is CC(c1nnc(S(N)(=O)=O)n1C(C)(C)C)n1cccn1. The molecule has 8 nitrogen and oxygen atoms in total. The highest BCUT2D eigenvalue weighted by Crippen LogP contribution is 2.25. The van der Waals surface area contributed by atoms with E-state index in [9.17, 15) is 8.42 Å². The molecule has 0 saturated carbocycles. The molecule has 2 rings (SSSR count). The van der Waals surface area contributed by atoms with Crippen LogP contribution in [0.15, 0.2) is 23.6 Å². The van der Waals surface area contributed by atoms with Crippen molar-refractivity contribution >= 4 is 10.0 Å². The van der Waals surface area contributed by atoms with Crippen LogP contribution in [0.2, 0.25) is 0 Å². The molecule has 0 aliphatic heterocycles. The molecule has 20 heavy (non-hydrogen) atoms. The second-order valence-electron chi connectivity index (χ2n) is 5.55. The number of rotatable bonds is 3. The quantitative estimate of drug-likeness (QED) is 0.886. The van der Waals surface area contributed by atoms with Gasteiger partial charge in [0.05, 0.1) is 0 Å². The minimum Gasteiger partial charge on any atom is -0.294 e. The largest absolute Gasteiger partial charge is 0.294 e. The van der Waals surface area contributed by atoms with Crippen molar-refractivity contribution in [1.29, 1.82) is 0 Å². The van der Waals surface area contributed by atoms with Gasteiger partial charge in [-0.05, 0) is 33.8 Å². The van der Waals surface area contributed by atoms with Gasteiger partial charge >= 0.3 is 0 Å². The number of hydrogen-bond donors (Lipinski definition) is 1. The second-order valence-corrected chi connectivity index (χ2v) is 7.01. The summed E-state index contributed by atoms with van der Waals surface area (Å²) in [6, 6.07) is 1.53. The van der Waals surface area contributed by atoms with Crippen molar-refractivity contribution in [3.05, 3.63) is 24.3 Å². The van der Waals surface area contributed by atoms with Crippen molar-refractivity contribution in [2.75, 3.05) is 0 Å². The van der Waals surface area contributed by atoms with E-state index in [1.807, 2.05) is 27.7 Å². The third-order valence-corrected chi connectivity index (χ3v) is 3.65. The maximum absolute atomic E-state index is 11.7. The summed E-state index contributed by atoms with van der Waals surface area (Å²) in [5.41, 5.74) is -0.526. The van der Waals surface area contributed by atoms with E-state index in [1.54, 1.807) is 23.1 Å². The van der Waals surface area contributed by atoms with Crippen LogP contribution in [0.4, 0.5) is 0 Å². The first kappa shape index (κ1) is 14.7. The zero-order valence-corrected chi connectivity index (χ0v) is 12.7. The lowest BCUT2D eigenvalue weighted by Crippen LogP contribution is -2.31. The van der Waals surface area contributed by atoms with Gasteiger partial charge in [-0.2, -0.15) is 5.10 Å². The fraction of sp³-hybridized carbons (Fsp3) is 0.545. The first-order valence-electron chi connectivity index (χ1n) is 6.10. The van der Waals surface area contributed by atoms with E-state index in [-0.39, 0.29) is 11.2 Å². The van der Waals surface area contributed by atoms with Gasteiger partial charge in [0.1, 0.15) is 6.04 Å². The molecule has 2 aromatic heterocycles. The highest BCUT2D eigenvalue weighted by Gasteiger charge is 2.31. The highest BCUT2D eigenvalue weighted by molar-refractivity contribution is 7.89. The van der Waals surface area contributed by atoms with E-state index in [1.165, 1.54) is 4.57 Å². The molecule has 2 N–H and O–H groups in total. The van der Waals surface area contributed by atoms with Gasteiger partial charge in [0.15, 0.2) is 5.82 Å². The highest BCUT2D eigenvalue weighted by atomic mass is 32.2. The Bertz CT molecular complexity index is 696. The van der Waals surface area contributed by atoms with Crippen LogP contribution in [0, 0.1) is 0 Å². The lowest BCUT2D eigenvalue weighted by molar-refractivity contribution is 0.334. The van der Waals surface area contributed by atoms with Gasteiger partial charge in [-0.1, -0.05) is 0 Å². The van der Waals surface area contributed by atoms with Crippen LogP contribution in [0.1, 0.15) is 39.6 Å². The molecule has 0 saturated heterocycles. The van der Waals surface area contributed by atoms with Crippen LogP contribution in [-0.4, -0.2) is 33.0 Å². The Hall–Kier alpha value is -1.74. The Balaban J connectivity index is 2.64. The molecular weight excluding hydrogens is 280 g/mol. The molecule has 2 heterocycles. The van der Waals surface area contributed by atoms with Gasteiger partial charge in [-0.3, -0.25) is 9.25 Å². The minimum atomic E-state index is -3.94. The average Bonchev–Trinajstić information content (AvgIpc) is 2.95. The number of aromatic nitrogens is 5. The molecule has 0 fully saturated rings. The Labute approximate surface area is 117 Å². The standard InChI is InChI=1S/C11H18N6O2S/c1-8(16-7-5-6-13-16)9-14-15-10(20(12,18)19)17(9)11(2,3)4/h5-8H,1-4H3,(H2,12,18,19). The Kier molecular flexibility index (Phi) is 3.42. The lowest BCUT2D eigenvalue weighted by atomic mass is 10.1. The number of nitrogens with zero attached hydrogens (tertiary/aromatic N) is 5. The number of nitrogens with two attached hydrogens (primary N) is 1. The topological polar surface area (TPSA) is 109 Å². The number of sulfonamides is 1. The van der Waals surface area contributed by atoms with Gasteiger partial charge in [-0.25, -0.2) is 13.6 Å². The van der Waals surface area contributed by atoms with E-state index in [4.69, 9.17) is 5.14 Å². The number of primary sulfonamides is 1. The first-order valence-corrected chi connectivity index (χ1v) is 7.64. The zero-order chi connectivity index (χ0) is 15.1. The minimum absolute atomic E-state index is 0.237. The fourth-order valence-electron chi connectivity index (χ4n) is 1.99. The van der Waals surface area contributed by atoms with Gasteiger partial charge in [-0.15, -0.1) is 10.2 Å². The summed E-state index contributed by atoms with van der Waals surface area (Å²) >= 11 is 0. The summed E-state index contributed by atoms with van der Waals surface area (Å²) in [5.74, 6) is 0.491. The first-order chi connectivity index (χ1) is 9.12. The van der Waals surface area contributed by atoms with Crippen LogP contribution in [-0.2, 0) is 15.6 Å². The normalized spacial score (nSPS) is 14.4. The molecule has 1 atom stereocenters. The Morgan fingerprint density at radius 2 is 1.95 bits per heavy atom. The maximum Gasteiger partial charge on any atom is 0.273 e. The van der Waals surface area contributed by atoms with E-state index >= 15 is 0 Å². The van der Waals surface area contributed by atoms with Crippen molar-refractivity contribution in [1.82, 2.24) is 24.5 Å². The van der Waals surface area contributed by atoms with Crippen molar-refractivity contribution in [3.8, 4) is 0 Å². The summed E-state index contributed by atoms with van der Waals surface area (Å²) in [7, 11) is -3.94. The van der Waals surface area contributed by atoms with Gasteiger partial charge < -0.3 is 0 Å². The second kappa shape index (κ2) is 4.67. The molecule has 0 bridgehead atoms. The molecule has 0 radical (unpaired) electrons. The summed E-state index contributed by atoms with van der Waals surface area (Å²) in [5, 5.41) is 16.9. The summed E-state index contributed by atoms with van der Waals surface area (Å²) < 4.78 is 26.5. The molecule has 2 aromatic rings. The van der Waals surface area contributed by atoms with Crippen molar-refractivity contribution in [2.24, 2.45) is 5.14 Å². The van der Waals surface area contributed by atoms with Crippen LogP contribution in [0.3, 0.4) is 0 Å². The summed E-state index contributed by atoms with van der Waals surface area (Å²) in [4.78, 5) is 0. The number of hydrogen-bond acceptors (Lipinski definition) is 5. The van der Waals surface area contributed by atoms with E-state index in [2.05, 4.69) is 15.3 Å². The van der Waals surface area contributed by atoms with Crippen LogP contribution >= 0.6 is 0 Å². The van der Waals surface area contributed by atoms with Crippen molar-refractivity contribution < 1.29 is 8.42 Å². The monoisotopic (exact) mass is 298 g/mol. The maximum atomic E-state index is 11.7. The molecule has 110 valence electrons. The van der Waals surface area contributed by atoms with Gasteiger partial charge in [0.2, 0.25) is 0 Å². The van der Waals surface area contributed by atoms with Crippen molar-refractivity contribution in [2.45, 2.75) is 44.4 Å². The Morgan fingerprint density at radius 1 is 1.30 bits per heavy atom. The molecule has 0 spiro atoms. The third kappa shape index (κ3) is 2.59. The molecule has 0 aliphatic rings. The molecule has 0 aliphatic carbocycles. The predicted octanol–water partition coefficient (Wildman–Crippen LogP) is 0.486. The zero-order valence-electron chi connectivity index (χ0n) is 11.8. The van der Waals surface area contributed by atoms with Gasteiger partial charge in [0, 0.05) is 17.9 Å². The molecule has 0 amide bonds. The molecular formula is C11H18N6O2S. The smallest absolute Gasteiger partial charge is 0.273 e. The summed E-state index contributed by atoms with van der Waals surface area (Å²) in [6.45, 7) is 7.46. The molecule has 9 heteroatoms. The molecule has 1 unspecified atom stereocenters. The molecule has 0 aromatic carbocycles. The van der Waals surface area contributed by atoms with Crippen LogP contribution in [0.5, 0.6) is 0 Å². The lowest BCUT2D eigenvalue weighted by Gasteiger charge is -2.26. The van der Waals surface area contributed by atoms with E-state index < -0.39 is 15.6 Å². The van der Waals surface area contributed by atoms with Crippen LogP contribution < -0.4 is 5.14 Å². The van der Waals surface area contributed by atoms with Crippen molar-refractivity contribution in [3.63, 3.8) is 0 Å². The van der Waals surface area contributed by atoms with E-state index in [0.717, 1.165) is 0 Å². The van der Waals surface area contributed by atoms with Gasteiger partial charge in [0.25, 0.3) is 15.2 Å². The van der Waals surface area contributed by atoms with E-state index in [0.29, 0.717) is 5.82 Å². The fourth-order valence-corrected chi connectivity index (χ4v) is 2.77. The predicted molar refractivity (Wildman–Crippen MR) is 72.4 cm³/mol. The summed E-state index contributed by atoms with van der Waals surface area (Å²) in [6.07, 6.45) is 3.43. The Morgan fingerprint density at radius 3 is 2.40 bits per heavy atom.